The monoisotopic (exact) mass is 287 g/mol. The smallest absolute Gasteiger partial charge is 0.122 e. The first-order chi connectivity index (χ1) is 10.0. The van der Waals surface area contributed by atoms with Crippen LogP contribution in [0.5, 0.6) is 5.75 Å². The van der Waals surface area contributed by atoms with Crippen LogP contribution in [0.25, 0.3) is 0 Å². The van der Waals surface area contributed by atoms with Crippen molar-refractivity contribution in [2.45, 2.75) is 46.7 Å². The van der Waals surface area contributed by atoms with E-state index in [-0.39, 0.29) is 6.04 Å². The molecule has 0 radical (unpaired) electrons. The lowest BCUT2D eigenvalue weighted by Crippen LogP contribution is -2.18. The minimum Gasteiger partial charge on any atom is -0.496 e. The molecule has 21 heavy (non-hydrogen) atoms. The van der Waals surface area contributed by atoms with Gasteiger partial charge in [0.05, 0.1) is 24.5 Å². The highest BCUT2D eigenvalue weighted by molar-refractivity contribution is 5.45. The van der Waals surface area contributed by atoms with Gasteiger partial charge in [-0.2, -0.15) is 5.10 Å². The van der Waals surface area contributed by atoms with Crippen molar-refractivity contribution < 1.29 is 4.74 Å². The van der Waals surface area contributed by atoms with Crippen molar-refractivity contribution in [1.29, 1.82) is 0 Å². The van der Waals surface area contributed by atoms with Crippen molar-refractivity contribution >= 4 is 0 Å². The summed E-state index contributed by atoms with van der Waals surface area (Å²) in [6, 6.07) is 6.13. The molecule has 1 atom stereocenters. The molecule has 2 aromatic rings. The maximum absolute atomic E-state index is 6.52. The van der Waals surface area contributed by atoms with Crippen molar-refractivity contribution in [3.05, 3.63) is 46.3 Å². The van der Waals surface area contributed by atoms with E-state index in [0.717, 1.165) is 46.8 Å². The molecule has 0 fully saturated rings. The number of hydrogen-bond donors (Lipinski definition) is 1. The Labute approximate surface area is 126 Å². The standard InChI is InChI=1S/C17H25N3O/c1-6-13-10-15(20(7-2)19-13)17(18)14-8-12(4)16(21-5)9-11(14)3/h8-10,17H,6-7,18H2,1-5H3. The van der Waals surface area contributed by atoms with Gasteiger partial charge in [-0.25, -0.2) is 0 Å². The van der Waals surface area contributed by atoms with Gasteiger partial charge in [0.15, 0.2) is 0 Å². The van der Waals surface area contributed by atoms with Gasteiger partial charge in [0.1, 0.15) is 5.75 Å². The number of aromatic nitrogens is 2. The molecule has 0 spiro atoms. The number of rotatable bonds is 5. The second-order valence-corrected chi connectivity index (χ2v) is 5.39. The number of hydrogen-bond acceptors (Lipinski definition) is 3. The summed E-state index contributed by atoms with van der Waals surface area (Å²) in [5, 5.41) is 4.59. The Kier molecular flexibility index (Phi) is 4.68. The molecule has 2 rings (SSSR count). The first-order valence-corrected chi connectivity index (χ1v) is 7.49. The Hall–Kier alpha value is -1.81. The Morgan fingerprint density at radius 2 is 1.90 bits per heavy atom. The quantitative estimate of drug-likeness (QED) is 0.919. The van der Waals surface area contributed by atoms with Crippen LogP contribution in [-0.4, -0.2) is 16.9 Å². The van der Waals surface area contributed by atoms with Crippen LogP contribution < -0.4 is 10.5 Å². The lowest BCUT2D eigenvalue weighted by atomic mass is 9.96. The number of aryl methyl sites for hydroxylation is 4. The highest BCUT2D eigenvalue weighted by atomic mass is 16.5. The normalized spacial score (nSPS) is 12.5. The Morgan fingerprint density at radius 1 is 1.19 bits per heavy atom. The predicted molar refractivity (Wildman–Crippen MR) is 85.8 cm³/mol. The number of ether oxygens (including phenoxy) is 1. The van der Waals surface area contributed by atoms with Gasteiger partial charge < -0.3 is 10.5 Å². The molecule has 1 heterocycles. The SMILES string of the molecule is CCc1cc(C(N)c2cc(C)c(OC)cc2C)n(CC)n1. The summed E-state index contributed by atoms with van der Waals surface area (Å²) in [6.07, 6.45) is 0.924. The van der Waals surface area contributed by atoms with Crippen molar-refractivity contribution in [3.63, 3.8) is 0 Å². The van der Waals surface area contributed by atoms with E-state index in [9.17, 15) is 0 Å². The minimum atomic E-state index is -0.164. The zero-order chi connectivity index (χ0) is 15.6. The van der Waals surface area contributed by atoms with Crippen LogP contribution in [0.15, 0.2) is 18.2 Å². The molecule has 0 saturated carbocycles. The molecule has 4 nitrogen and oxygen atoms in total. The van der Waals surface area contributed by atoms with Gasteiger partial charge in [0.2, 0.25) is 0 Å². The number of benzene rings is 1. The summed E-state index contributed by atoms with van der Waals surface area (Å²) in [5.74, 6) is 0.904. The third kappa shape index (κ3) is 2.95. The van der Waals surface area contributed by atoms with Gasteiger partial charge in [-0.3, -0.25) is 4.68 Å². The zero-order valence-corrected chi connectivity index (χ0v) is 13.6. The van der Waals surface area contributed by atoms with Crippen molar-refractivity contribution in [2.75, 3.05) is 7.11 Å². The molecular formula is C17H25N3O. The third-order valence-corrected chi connectivity index (χ3v) is 3.96. The van der Waals surface area contributed by atoms with E-state index in [4.69, 9.17) is 10.5 Å². The van der Waals surface area contributed by atoms with E-state index in [2.05, 4.69) is 44.1 Å². The molecule has 4 heteroatoms. The van der Waals surface area contributed by atoms with Gasteiger partial charge in [0, 0.05) is 6.54 Å². The fourth-order valence-corrected chi connectivity index (χ4v) is 2.69. The number of nitrogens with two attached hydrogens (primary N) is 1. The minimum absolute atomic E-state index is 0.164. The highest BCUT2D eigenvalue weighted by Crippen LogP contribution is 2.29. The Morgan fingerprint density at radius 3 is 2.48 bits per heavy atom. The van der Waals surface area contributed by atoms with Crippen LogP contribution in [0.3, 0.4) is 0 Å². The molecule has 2 N–H and O–H groups in total. The fraction of sp³-hybridized carbons (Fsp3) is 0.471. The summed E-state index contributed by atoms with van der Waals surface area (Å²) in [7, 11) is 1.70. The van der Waals surface area contributed by atoms with E-state index in [0.29, 0.717) is 0 Å². The van der Waals surface area contributed by atoms with Gasteiger partial charge in [-0.1, -0.05) is 13.0 Å². The van der Waals surface area contributed by atoms with Crippen molar-refractivity contribution in [1.82, 2.24) is 9.78 Å². The average molecular weight is 287 g/mol. The lowest BCUT2D eigenvalue weighted by molar-refractivity contribution is 0.411. The lowest BCUT2D eigenvalue weighted by Gasteiger charge is -2.18. The van der Waals surface area contributed by atoms with Crippen LogP contribution in [0.4, 0.5) is 0 Å². The van der Waals surface area contributed by atoms with Crippen LogP contribution in [0.2, 0.25) is 0 Å². The van der Waals surface area contributed by atoms with E-state index in [1.807, 2.05) is 11.6 Å². The molecule has 0 saturated heterocycles. The van der Waals surface area contributed by atoms with Crippen molar-refractivity contribution in [3.8, 4) is 5.75 Å². The number of methoxy groups -OCH3 is 1. The van der Waals surface area contributed by atoms with Crippen LogP contribution in [0, 0.1) is 13.8 Å². The molecule has 1 unspecified atom stereocenters. The summed E-state index contributed by atoms with van der Waals surface area (Å²) in [5.41, 5.74) is 12.1. The summed E-state index contributed by atoms with van der Waals surface area (Å²) in [6.45, 7) is 9.15. The highest BCUT2D eigenvalue weighted by Gasteiger charge is 2.18. The van der Waals surface area contributed by atoms with Gasteiger partial charge >= 0.3 is 0 Å². The van der Waals surface area contributed by atoms with E-state index >= 15 is 0 Å². The van der Waals surface area contributed by atoms with Crippen LogP contribution >= 0.6 is 0 Å². The molecular weight excluding hydrogens is 262 g/mol. The molecule has 0 aliphatic heterocycles. The zero-order valence-electron chi connectivity index (χ0n) is 13.6. The second kappa shape index (κ2) is 6.31. The first-order valence-electron chi connectivity index (χ1n) is 7.49. The molecule has 1 aromatic heterocycles. The molecule has 0 aliphatic rings. The molecule has 0 bridgehead atoms. The third-order valence-electron chi connectivity index (χ3n) is 3.96. The Bertz CT molecular complexity index is 631. The molecule has 114 valence electrons. The molecule has 1 aromatic carbocycles. The largest absolute Gasteiger partial charge is 0.496 e. The number of nitrogens with zero attached hydrogens (tertiary/aromatic N) is 2. The van der Waals surface area contributed by atoms with E-state index in [1.165, 1.54) is 0 Å². The van der Waals surface area contributed by atoms with Crippen molar-refractivity contribution in [2.24, 2.45) is 5.73 Å². The van der Waals surface area contributed by atoms with Gasteiger partial charge in [-0.05, 0) is 56.0 Å². The summed E-state index contributed by atoms with van der Waals surface area (Å²) >= 11 is 0. The first kappa shape index (κ1) is 15.6. The average Bonchev–Trinajstić information content (AvgIpc) is 2.91. The predicted octanol–water partition coefficient (Wildman–Crippen LogP) is 3.14. The van der Waals surface area contributed by atoms with Gasteiger partial charge in [0.25, 0.3) is 0 Å². The molecule has 0 aliphatic carbocycles. The Balaban J connectivity index is 2.46. The maximum atomic E-state index is 6.52. The summed E-state index contributed by atoms with van der Waals surface area (Å²) in [4.78, 5) is 0. The second-order valence-electron chi connectivity index (χ2n) is 5.39. The maximum Gasteiger partial charge on any atom is 0.122 e. The van der Waals surface area contributed by atoms with Crippen LogP contribution in [-0.2, 0) is 13.0 Å². The molecule has 0 amide bonds. The van der Waals surface area contributed by atoms with Gasteiger partial charge in [-0.15, -0.1) is 0 Å². The van der Waals surface area contributed by atoms with Crippen LogP contribution in [0.1, 0.15) is 48.0 Å². The fourth-order valence-electron chi connectivity index (χ4n) is 2.69. The van der Waals surface area contributed by atoms with E-state index < -0.39 is 0 Å². The summed E-state index contributed by atoms with van der Waals surface area (Å²) < 4.78 is 7.38. The topological polar surface area (TPSA) is 53.1 Å². The van der Waals surface area contributed by atoms with E-state index in [1.54, 1.807) is 7.11 Å².